The van der Waals surface area contributed by atoms with Crippen LogP contribution in [0.5, 0.6) is 5.75 Å². The van der Waals surface area contributed by atoms with E-state index >= 15 is 0 Å². The number of nitrogens with zero attached hydrogens (tertiary/aromatic N) is 1. The molecule has 2 amide bonds. The highest BCUT2D eigenvalue weighted by Gasteiger charge is 2.15. The summed E-state index contributed by atoms with van der Waals surface area (Å²) in [5, 5.41) is 14.3. The zero-order chi connectivity index (χ0) is 21.3. The molecule has 0 radical (unpaired) electrons. The molecule has 0 bridgehead atoms. The van der Waals surface area contributed by atoms with Gasteiger partial charge in [-0.25, -0.2) is 4.79 Å². The number of alkyl carbamates (subject to hydrolysis) is 1. The summed E-state index contributed by atoms with van der Waals surface area (Å²) in [6.07, 6.45) is -0.486. The molecule has 0 heterocycles. The van der Waals surface area contributed by atoms with Gasteiger partial charge in [0.1, 0.15) is 18.0 Å². The van der Waals surface area contributed by atoms with Crippen molar-refractivity contribution in [1.29, 1.82) is 5.26 Å². The molecule has 0 aliphatic carbocycles. The molecule has 2 aromatic carbocycles. The first kappa shape index (κ1) is 21.8. The maximum absolute atomic E-state index is 12.2. The lowest BCUT2D eigenvalue weighted by molar-refractivity contribution is 0.0523. The average molecular weight is 395 g/mol. The monoisotopic (exact) mass is 395 g/mol. The van der Waals surface area contributed by atoms with Crippen molar-refractivity contribution in [2.45, 2.75) is 32.9 Å². The van der Waals surface area contributed by atoms with Gasteiger partial charge >= 0.3 is 6.09 Å². The highest BCUT2D eigenvalue weighted by Crippen LogP contribution is 2.12. The third-order valence-electron chi connectivity index (χ3n) is 3.67. The summed E-state index contributed by atoms with van der Waals surface area (Å²) in [5.74, 6) is 0.367. The quantitative estimate of drug-likeness (QED) is 0.700. The second kappa shape index (κ2) is 10.1. The lowest BCUT2D eigenvalue weighted by Gasteiger charge is -2.19. The molecule has 0 fully saturated rings. The molecular weight excluding hydrogens is 370 g/mol. The number of benzene rings is 2. The third-order valence-corrected chi connectivity index (χ3v) is 3.67. The number of hydrogen-bond acceptors (Lipinski definition) is 5. The Bertz CT molecular complexity index is 880. The summed E-state index contributed by atoms with van der Waals surface area (Å²) in [5.41, 5.74) is 1.34. The fourth-order valence-electron chi connectivity index (χ4n) is 2.35. The number of ether oxygens (including phenoxy) is 2. The standard InChI is InChI=1S/C22H25N3O4/c1-22(2,3)29-21(27)25-15-16-7-9-18(10-8-16)20(26)24-11-12-28-19-6-4-5-17(13-19)14-23/h4-10,13H,11-12,15H2,1-3H3,(H,24,26)(H,25,27). The van der Waals surface area contributed by atoms with E-state index in [1.54, 1.807) is 69.3 Å². The van der Waals surface area contributed by atoms with Crippen molar-refractivity contribution in [3.8, 4) is 11.8 Å². The zero-order valence-electron chi connectivity index (χ0n) is 16.8. The molecule has 0 unspecified atom stereocenters. The first-order valence-electron chi connectivity index (χ1n) is 9.24. The SMILES string of the molecule is CC(C)(C)OC(=O)NCc1ccc(C(=O)NCCOc2cccc(C#N)c2)cc1. The number of nitriles is 1. The maximum atomic E-state index is 12.2. The second-order valence-corrected chi connectivity index (χ2v) is 7.30. The van der Waals surface area contributed by atoms with Crippen molar-refractivity contribution >= 4 is 12.0 Å². The van der Waals surface area contributed by atoms with Crippen LogP contribution in [0.25, 0.3) is 0 Å². The number of rotatable bonds is 7. The summed E-state index contributed by atoms with van der Waals surface area (Å²) in [6, 6.07) is 15.8. The molecule has 7 heteroatoms. The molecule has 2 N–H and O–H groups in total. The molecule has 29 heavy (non-hydrogen) atoms. The Balaban J connectivity index is 1.74. The minimum atomic E-state index is -0.547. The molecule has 7 nitrogen and oxygen atoms in total. The zero-order valence-corrected chi connectivity index (χ0v) is 16.8. The van der Waals surface area contributed by atoms with Gasteiger partial charge in [-0.3, -0.25) is 4.79 Å². The van der Waals surface area contributed by atoms with Crippen molar-refractivity contribution < 1.29 is 19.1 Å². The topological polar surface area (TPSA) is 100 Å². The summed E-state index contributed by atoms with van der Waals surface area (Å²) in [4.78, 5) is 23.9. The van der Waals surface area contributed by atoms with Crippen molar-refractivity contribution in [1.82, 2.24) is 10.6 Å². The van der Waals surface area contributed by atoms with Gasteiger partial charge < -0.3 is 20.1 Å². The Kier molecular flexibility index (Phi) is 7.61. The van der Waals surface area contributed by atoms with E-state index in [2.05, 4.69) is 10.6 Å². The van der Waals surface area contributed by atoms with Gasteiger partial charge in [0.05, 0.1) is 18.2 Å². The second-order valence-electron chi connectivity index (χ2n) is 7.30. The number of carbonyl (C=O) groups excluding carboxylic acids is 2. The van der Waals surface area contributed by atoms with Gasteiger partial charge in [0, 0.05) is 12.1 Å². The molecule has 0 aliphatic rings. The Morgan fingerprint density at radius 3 is 2.45 bits per heavy atom. The van der Waals surface area contributed by atoms with Crippen LogP contribution in [0, 0.1) is 11.3 Å². The van der Waals surface area contributed by atoms with Gasteiger partial charge in [0.15, 0.2) is 0 Å². The van der Waals surface area contributed by atoms with Gasteiger partial charge in [0.2, 0.25) is 0 Å². The molecule has 0 atom stereocenters. The van der Waals surface area contributed by atoms with Crippen LogP contribution in [-0.4, -0.2) is 30.8 Å². The van der Waals surface area contributed by atoms with Gasteiger partial charge in [-0.05, 0) is 56.7 Å². The summed E-state index contributed by atoms with van der Waals surface area (Å²) < 4.78 is 10.7. The lowest BCUT2D eigenvalue weighted by Crippen LogP contribution is -2.32. The highest BCUT2D eigenvalue weighted by atomic mass is 16.6. The Labute approximate surface area is 170 Å². The Morgan fingerprint density at radius 2 is 1.79 bits per heavy atom. The molecule has 2 rings (SSSR count). The minimum Gasteiger partial charge on any atom is -0.492 e. The van der Waals surface area contributed by atoms with Crippen molar-refractivity contribution in [3.63, 3.8) is 0 Å². The Morgan fingerprint density at radius 1 is 1.07 bits per heavy atom. The van der Waals surface area contributed by atoms with Crippen LogP contribution < -0.4 is 15.4 Å². The van der Waals surface area contributed by atoms with Crippen LogP contribution in [0.4, 0.5) is 4.79 Å². The average Bonchev–Trinajstić information content (AvgIpc) is 2.69. The number of amides is 2. The molecule has 2 aromatic rings. The number of nitrogens with one attached hydrogen (secondary N) is 2. The van der Waals surface area contributed by atoms with Crippen molar-refractivity contribution in [2.75, 3.05) is 13.2 Å². The summed E-state index contributed by atoms with van der Waals surface area (Å²) in [7, 11) is 0. The van der Waals surface area contributed by atoms with Gasteiger partial charge in [-0.2, -0.15) is 5.26 Å². The maximum Gasteiger partial charge on any atom is 0.407 e. The van der Waals surface area contributed by atoms with E-state index in [0.717, 1.165) is 5.56 Å². The predicted molar refractivity (Wildman–Crippen MR) is 109 cm³/mol. The smallest absolute Gasteiger partial charge is 0.407 e. The largest absolute Gasteiger partial charge is 0.492 e. The van der Waals surface area contributed by atoms with Gasteiger partial charge in [-0.15, -0.1) is 0 Å². The molecular formula is C22H25N3O4. The summed E-state index contributed by atoms with van der Waals surface area (Å²) >= 11 is 0. The van der Waals surface area contributed by atoms with Crippen LogP contribution in [0.15, 0.2) is 48.5 Å². The third kappa shape index (κ3) is 7.93. The van der Waals surface area contributed by atoms with Crippen LogP contribution >= 0.6 is 0 Å². The lowest BCUT2D eigenvalue weighted by atomic mass is 10.1. The van der Waals surface area contributed by atoms with E-state index < -0.39 is 11.7 Å². The number of hydrogen-bond donors (Lipinski definition) is 2. The van der Waals surface area contributed by atoms with Crippen molar-refractivity contribution in [3.05, 3.63) is 65.2 Å². The van der Waals surface area contributed by atoms with Crippen LogP contribution in [0.1, 0.15) is 42.3 Å². The molecule has 0 saturated heterocycles. The highest BCUT2D eigenvalue weighted by molar-refractivity contribution is 5.94. The molecule has 0 aliphatic heterocycles. The fourth-order valence-corrected chi connectivity index (χ4v) is 2.35. The molecule has 0 aromatic heterocycles. The first-order valence-corrected chi connectivity index (χ1v) is 9.24. The van der Waals surface area contributed by atoms with E-state index in [1.807, 2.05) is 6.07 Å². The molecule has 0 saturated carbocycles. The normalized spacial score (nSPS) is 10.6. The van der Waals surface area contributed by atoms with E-state index in [0.29, 0.717) is 36.6 Å². The first-order chi connectivity index (χ1) is 13.8. The summed E-state index contributed by atoms with van der Waals surface area (Å²) in [6.45, 7) is 6.33. The number of carbonyl (C=O) groups is 2. The van der Waals surface area contributed by atoms with E-state index in [4.69, 9.17) is 14.7 Å². The molecule has 0 spiro atoms. The van der Waals surface area contributed by atoms with Crippen molar-refractivity contribution in [2.24, 2.45) is 0 Å². The van der Waals surface area contributed by atoms with Gasteiger partial charge in [0.25, 0.3) is 5.91 Å². The van der Waals surface area contributed by atoms with E-state index in [-0.39, 0.29) is 5.91 Å². The fraction of sp³-hybridized carbons (Fsp3) is 0.318. The van der Waals surface area contributed by atoms with E-state index in [1.165, 1.54) is 0 Å². The van der Waals surface area contributed by atoms with Crippen LogP contribution in [0.3, 0.4) is 0 Å². The molecule has 152 valence electrons. The van der Waals surface area contributed by atoms with E-state index in [9.17, 15) is 9.59 Å². The minimum absolute atomic E-state index is 0.217. The van der Waals surface area contributed by atoms with Gasteiger partial charge in [-0.1, -0.05) is 18.2 Å². The Hall–Kier alpha value is -3.53. The predicted octanol–water partition coefficient (Wildman–Crippen LogP) is 3.39. The van der Waals surface area contributed by atoms with Crippen LogP contribution in [-0.2, 0) is 11.3 Å². The van der Waals surface area contributed by atoms with Crippen LogP contribution in [0.2, 0.25) is 0 Å².